The summed E-state index contributed by atoms with van der Waals surface area (Å²) in [6.45, 7) is 6.56. The lowest BCUT2D eigenvalue weighted by Gasteiger charge is -2.09. The standard InChI is InChI=1S/C20H31NO3/c1-3-5-6-7-11-19(22)16(4-2)10-8-9-14-21-18-13-12-17(15-18)20(23)24/h4,8-10,17-18,21H,2-3,5-7,11-15H2,1H3,(H,23,24)/b9-8+,16-10+/t17-,18?/m1/s1. The van der Waals surface area contributed by atoms with Gasteiger partial charge in [0.05, 0.1) is 5.92 Å². The van der Waals surface area contributed by atoms with Crippen molar-refractivity contribution < 1.29 is 14.7 Å². The van der Waals surface area contributed by atoms with Crippen molar-refractivity contribution in [2.45, 2.75) is 64.3 Å². The largest absolute Gasteiger partial charge is 0.481 e. The highest BCUT2D eigenvalue weighted by molar-refractivity contribution is 5.98. The minimum Gasteiger partial charge on any atom is -0.481 e. The first-order chi connectivity index (χ1) is 11.6. The molecule has 0 aromatic heterocycles. The molecule has 4 nitrogen and oxygen atoms in total. The number of carbonyl (C=O) groups excluding carboxylic acids is 1. The first-order valence-electron chi connectivity index (χ1n) is 9.07. The zero-order chi connectivity index (χ0) is 17.8. The molecular formula is C20H31NO3. The number of aliphatic carboxylic acids is 1. The number of carbonyl (C=O) groups is 2. The number of hydrogen-bond acceptors (Lipinski definition) is 3. The fourth-order valence-electron chi connectivity index (χ4n) is 3.00. The molecule has 0 saturated heterocycles. The quantitative estimate of drug-likeness (QED) is 0.321. The summed E-state index contributed by atoms with van der Waals surface area (Å²) in [7, 11) is 0. The van der Waals surface area contributed by atoms with Crippen LogP contribution in [0, 0.1) is 5.92 Å². The van der Waals surface area contributed by atoms with Gasteiger partial charge >= 0.3 is 5.97 Å². The van der Waals surface area contributed by atoms with E-state index in [1.54, 1.807) is 6.08 Å². The van der Waals surface area contributed by atoms with E-state index in [0.717, 1.165) is 25.7 Å². The van der Waals surface area contributed by atoms with Crippen molar-refractivity contribution >= 4 is 11.8 Å². The van der Waals surface area contributed by atoms with Crippen LogP contribution in [-0.2, 0) is 9.59 Å². The number of nitrogens with one attached hydrogen (secondary N) is 1. The molecule has 0 radical (unpaired) electrons. The average Bonchev–Trinajstić information content (AvgIpc) is 3.04. The number of ketones is 1. The Kier molecular flexibility index (Phi) is 10.0. The Morgan fingerprint density at radius 3 is 2.67 bits per heavy atom. The molecule has 2 atom stereocenters. The van der Waals surface area contributed by atoms with Crippen LogP contribution in [0.2, 0.25) is 0 Å². The van der Waals surface area contributed by atoms with Gasteiger partial charge in [-0.05, 0) is 25.7 Å². The molecule has 0 spiro atoms. The fraction of sp³-hybridized carbons (Fsp3) is 0.600. The molecule has 0 amide bonds. The van der Waals surface area contributed by atoms with Gasteiger partial charge in [0.15, 0.2) is 5.78 Å². The second-order valence-electron chi connectivity index (χ2n) is 6.44. The van der Waals surface area contributed by atoms with Crippen LogP contribution in [0.5, 0.6) is 0 Å². The van der Waals surface area contributed by atoms with E-state index >= 15 is 0 Å². The number of carboxylic acids is 1. The van der Waals surface area contributed by atoms with E-state index in [1.165, 1.54) is 12.8 Å². The molecule has 24 heavy (non-hydrogen) atoms. The third-order valence-corrected chi connectivity index (χ3v) is 4.52. The van der Waals surface area contributed by atoms with E-state index < -0.39 is 5.97 Å². The number of hydrogen-bond donors (Lipinski definition) is 2. The molecule has 0 aliphatic heterocycles. The maximum absolute atomic E-state index is 12.1. The Labute approximate surface area is 145 Å². The van der Waals surface area contributed by atoms with E-state index in [4.69, 9.17) is 5.11 Å². The highest BCUT2D eigenvalue weighted by Gasteiger charge is 2.28. The molecule has 1 unspecified atom stereocenters. The maximum atomic E-state index is 12.1. The highest BCUT2D eigenvalue weighted by Crippen LogP contribution is 2.25. The van der Waals surface area contributed by atoms with Crippen molar-refractivity contribution in [3.63, 3.8) is 0 Å². The highest BCUT2D eigenvalue weighted by atomic mass is 16.4. The lowest BCUT2D eigenvalue weighted by Crippen LogP contribution is -2.27. The molecule has 0 aromatic carbocycles. The van der Waals surface area contributed by atoms with Crippen LogP contribution >= 0.6 is 0 Å². The van der Waals surface area contributed by atoms with E-state index in [-0.39, 0.29) is 17.7 Å². The summed E-state index contributed by atoms with van der Waals surface area (Å²) in [5, 5.41) is 12.3. The van der Waals surface area contributed by atoms with Crippen molar-refractivity contribution in [1.82, 2.24) is 5.32 Å². The lowest BCUT2D eigenvalue weighted by molar-refractivity contribution is -0.141. The van der Waals surface area contributed by atoms with Crippen LogP contribution in [0.4, 0.5) is 0 Å². The molecule has 1 aliphatic rings. The van der Waals surface area contributed by atoms with E-state index in [2.05, 4.69) is 18.8 Å². The van der Waals surface area contributed by atoms with Crippen molar-refractivity contribution in [2.24, 2.45) is 5.92 Å². The molecule has 134 valence electrons. The zero-order valence-electron chi connectivity index (χ0n) is 14.8. The zero-order valence-corrected chi connectivity index (χ0v) is 14.8. The number of unbranched alkanes of at least 4 members (excludes halogenated alkanes) is 3. The third-order valence-electron chi connectivity index (χ3n) is 4.52. The van der Waals surface area contributed by atoms with Gasteiger partial charge in [0.1, 0.15) is 0 Å². The van der Waals surface area contributed by atoms with Crippen LogP contribution < -0.4 is 5.32 Å². The van der Waals surface area contributed by atoms with Crippen molar-refractivity contribution in [3.8, 4) is 0 Å². The third kappa shape index (κ3) is 7.73. The summed E-state index contributed by atoms with van der Waals surface area (Å²) < 4.78 is 0. The molecule has 2 N–H and O–H groups in total. The van der Waals surface area contributed by atoms with Crippen LogP contribution in [0.15, 0.2) is 36.5 Å². The van der Waals surface area contributed by atoms with Gasteiger partial charge < -0.3 is 10.4 Å². The molecule has 1 rings (SSSR count). The molecule has 4 heteroatoms. The predicted octanol–water partition coefficient (Wildman–Crippen LogP) is 4.04. The van der Waals surface area contributed by atoms with Gasteiger partial charge in [-0.3, -0.25) is 9.59 Å². The van der Waals surface area contributed by atoms with Gasteiger partial charge in [-0.2, -0.15) is 0 Å². The van der Waals surface area contributed by atoms with Crippen LogP contribution in [0.3, 0.4) is 0 Å². The fourth-order valence-corrected chi connectivity index (χ4v) is 3.00. The van der Waals surface area contributed by atoms with Gasteiger partial charge in [-0.15, -0.1) is 0 Å². The van der Waals surface area contributed by atoms with E-state index in [0.29, 0.717) is 25.0 Å². The monoisotopic (exact) mass is 333 g/mol. The number of Topliss-reactive ketones (excluding diaryl/α,β-unsaturated/α-hetero) is 1. The molecule has 0 bridgehead atoms. The Hall–Kier alpha value is -1.68. The Bertz CT molecular complexity index is 479. The van der Waals surface area contributed by atoms with Crippen LogP contribution in [0.25, 0.3) is 0 Å². The molecular weight excluding hydrogens is 302 g/mol. The summed E-state index contributed by atoms with van der Waals surface area (Å²) in [4.78, 5) is 23.0. The topological polar surface area (TPSA) is 66.4 Å². The van der Waals surface area contributed by atoms with Gasteiger partial charge in [-0.1, -0.05) is 57.1 Å². The lowest BCUT2D eigenvalue weighted by atomic mass is 10.0. The van der Waals surface area contributed by atoms with Gasteiger partial charge in [0.2, 0.25) is 0 Å². The second-order valence-corrected chi connectivity index (χ2v) is 6.44. The molecule has 1 aliphatic carbocycles. The maximum Gasteiger partial charge on any atom is 0.306 e. The molecule has 1 saturated carbocycles. The Morgan fingerprint density at radius 2 is 2.04 bits per heavy atom. The summed E-state index contributed by atoms with van der Waals surface area (Å²) in [5.74, 6) is -0.742. The molecule has 0 heterocycles. The van der Waals surface area contributed by atoms with Gasteiger partial charge in [0, 0.05) is 24.6 Å². The second kappa shape index (κ2) is 11.8. The normalized spacial score (nSPS) is 21.3. The van der Waals surface area contributed by atoms with Crippen molar-refractivity contribution in [3.05, 3.63) is 36.5 Å². The summed E-state index contributed by atoms with van der Waals surface area (Å²) >= 11 is 0. The van der Waals surface area contributed by atoms with Crippen LogP contribution in [-0.4, -0.2) is 29.4 Å². The Morgan fingerprint density at radius 1 is 1.25 bits per heavy atom. The minimum absolute atomic E-state index is 0.152. The summed E-state index contributed by atoms with van der Waals surface area (Å²) in [6.07, 6.45) is 14.6. The van der Waals surface area contributed by atoms with E-state index in [9.17, 15) is 9.59 Å². The molecule has 1 fully saturated rings. The average molecular weight is 333 g/mol. The first-order valence-corrected chi connectivity index (χ1v) is 9.07. The number of rotatable bonds is 12. The molecule has 0 aromatic rings. The van der Waals surface area contributed by atoms with Crippen LogP contribution in [0.1, 0.15) is 58.3 Å². The summed E-state index contributed by atoms with van der Waals surface area (Å²) in [6, 6.07) is 0.277. The smallest absolute Gasteiger partial charge is 0.306 e. The minimum atomic E-state index is -0.689. The Balaban J connectivity index is 2.29. The first kappa shape index (κ1) is 20.4. The summed E-state index contributed by atoms with van der Waals surface area (Å²) in [5.41, 5.74) is 0.662. The van der Waals surface area contributed by atoms with Crippen molar-refractivity contribution in [1.29, 1.82) is 0 Å². The SMILES string of the molecule is C=C/C(=C\C=C\CNC1CC[C@@H](C(=O)O)C1)C(=O)CCCCCC. The number of allylic oxidation sites excluding steroid dienone is 4. The number of carboxylic acid groups (broad SMARTS) is 1. The van der Waals surface area contributed by atoms with E-state index in [1.807, 2.05) is 18.2 Å². The van der Waals surface area contributed by atoms with Gasteiger partial charge in [-0.25, -0.2) is 0 Å². The van der Waals surface area contributed by atoms with Gasteiger partial charge in [0.25, 0.3) is 0 Å². The predicted molar refractivity (Wildman–Crippen MR) is 98.0 cm³/mol. The van der Waals surface area contributed by atoms with Crippen molar-refractivity contribution in [2.75, 3.05) is 6.54 Å².